The molecule has 1 fully saturated rings. The van der Waals surface area contributed by atoms with Gasteiger partial charge in [-0.05, 0) is 19.3 Å². The van der Waals surface area contributed by atoms with Gasteiger partial charge >= 0.3 is 12.4 Å². The number of rotatable bonds is 3. The number of hydrogen-bond acceptors (Lipinski definition) is 0. The maximum atomic E-state index is 13.1. The van der Waals surface area contributed by atoms with Gasteiger partial charge in [-0.25, -0.2) is 0 Å². The van der Waals surface area contributed by atoms with E-state index in [9.17, 15) is 26.3 Å². The van der Waals surface area contributed by atoms with E-state index < -0.39 is 30.1 Å². The first-order valence-electron chi connectivity index (χ1n) is 5.94. The van der Waals surface area contributed by atoms with Crippen molar-refractivity contribution in [1.82, 2.24) is 0 Å². The average Bonchev–Trinajstić information content (AvgIpc) is 2.23. The molecule has 106 valence electrons. The van der Waals surface area contributed by atoms with Gasteiger partial charge in [0, 0.05) is 5.92 Å². The molecule has 0 aliphatic heterocycles. The highest BCUT2D eigenvalue weighted by Gasteiger charge is 2.72. The zero-order chi connectivity index (χ0) is 14.0. The molecule has 1 aliphatic rings. The van der Waals surface area contributed by atoms with Gasteiger partial charge in [0.15, 0.2) is 5.41 Å². The molecule has 0 saturated heterocycles. The van der Waals surface area contributed by atoms with Crippen molar-refractivity contribution < 1.29 is 26.3 Å². The van der Waals surface area contributed by atoms with Crippen molar-refractivity contribution in [2.45, 2.75) is 57.3 Å². The highest BCUT2D eigenvalue weighted by atomic mass is 19.4. The lowest BCUT2D eigenvalue weighted by molar-refractivity contribution is -0.338. The molecule has 0 bridgehead atoms. The Labute approximate surface area is 103 Å². The predicted octanol–water partition coefficient (Wildman–Crippen LogP) is 5.25. The summed E-state index contributed by atoms with van der Waals surface area (Å²) in [4.78, 5) is 0. The standard InChI is InChI=1S/C12H16F6/c1-2-8-10(11(13,14)15,12(16,17)18)9-6-4-3-5-7-9/h1-8H2. The SMILES string of the molecule is [CH2]CCC([C]1CCCCC1)(C(F)(F)F)C(F)(F)F. The molecule has 0 heterocycles. The van der Waals surface area contributed by atoms with Gasteiger partial charge in [-0.3, -0.25) is 0 Å². The van der Waals surface area contributed by atoms with Crippen LogP contribution in [-0.2, 0) is 0 Å². The van der Waals surface area contributed by atoms with Crippen LogP contribution in [0.5, 0.6) is 0 Å². The molecule has 0 amide bonds. The number of hydrogen-bond donors (Lipinski definition) is 0. The van der Waals surface area contributed by atoms with Gasteiger partial charge < -0.3 is 0 Å². The molecule has 0 aromatic carbocycles. The van der Waals surface area contributed by atoms with Gasteiger partial charge in [0.25, 0.3) is 0 Å². The largest absolute Gasteiger partial charge is 0.403 e. The van der Waals surface area contributed by atoms with Crippen LogP contribution < -0.4 is 0 Å². The lowest BCUT2D eigenvalue weighted by Gasteiger charge is -2.44. The van der Waals surface area contributed by atoms with Crippen LogP contribution in [0.4, 0.5) is 26.3 Å². The average molecular weight is 274 g/mol. The Hall–Kier alpha value is -0.420. The first-order valence-corrected chi connectivity index (χ1v) is 5.94. The molecule has 0 atom stereocenters. The van der Waals surface area contributed by atoms with Crippen LogP contribution in [-0.4, -0.2) is 12.4 Å². The van der Waals surface area contributed by atoms with Gasteiger partial charge in [-0.15, -0.1) is 0 Å². The molecular formula is C12H16F6. The van der Waals surface area contributed by atoms with E-state index in [1.54, 1.807) is 0 Å². The van der Waals surface area contributed by atoms with Gasteiger partial charge in [-0.2, -0.15) is 26.3 Å². The van der Waals surface area contributed by atoms with Crippen molar-refractivity contribution in [3.63, 3.8) is 0 Å². The van der Waals surface area contributed by atoms with E-state index in [1.165, 1.54) is 0 Å². The zero-order valence-electron chi connectivity index (χ0n) is 9.92. The van der Waals surface area contributed by atoms with E-state index in [0.717, 1.165) is 0 Å². The smallest absolute Gasteiger partial charge is 0.170 e. The van der Waals surface area contributed by atoms with E-state index in [2.05, 4.69) is 6.92 Å². The second-order valence-corrected chi connectivity index (χ2v) is 4.67. The zero-order valence-corrected chi connectivity index (χ0v) is 9.92. The van der Waals surface area contributed by atoms with E-state index in [4.69, 9.17) is 0 Å². The van der Waals surface area contributed by atoms with Crippen LogP contribution in [0.3, 0.4) is 0 Å². The minimum absolute atomic E-state index is 0.0843. The highest BCUT2D eigenvalue weighted by Crippen LogP contribution is 2.61. The molecule has 1 saturated carbocycles. The maximum absolute atomic E-state index is 13.1. The summed E-state index contributed by atoms with van der Waals surface area (Å²) < 4.78 is 78.4. The monoisotopic (exact) mass is 274 g/mol. The summed E-state index contributed by atoms with van der Waals surface area (Å²) in [6.07, 6.45) is -10.7. The van der Waals surface area contributed by atoms with Crippen molar-refractivity contribution in [3.05, 3.63) is 12.8 Å². The number of halogens is 6. The fraction of sp³-hybridized carbons (Fsp3) is 0.833. The summed E-state index contributed by atoms with van der Waals surface area (Å²) in [6.45, 7) is 3.18. The Balaban J connectivity index is 3.19. The summed E-state index contributed by atoms with van der Waals surface area (Å²) in [7, 11) is 0. The third-order valence-electron chi connectivity index (χ3n) is 3.58. The third kappa shape index (κ3) is 2.62. The molecule has 0 nitrogen and oxygen atoms in total. The summed E-state index contributed by atoms with van der Waals surface area (Å²) in [5, 5.41) is 0. The normalized spacial score (nSPS) is 20.2. The fourth-order valence-corrected chi connectivity index (χ4v) is 2.69. The molecule has 18 heavy (non-hydrogen) atoms. The molecule has 6 heteroatoms. The van der Waals surface area contributed by atoms with Crippen molar-refractivity contribution in [3.8, 4) is 0 Å². The van der Waals surface area contributed by atoms with Gasteiger partial charge in [0.2, 0.25) is 0 Å². The second kappa shape index (κ2) is 5.29. The predicted molar refractivity (Wildman–Crippen MR) is 55.5 cm³/mol. The Bertz CT molecular complexity index is 245. The molecule has 0 unspecified atom stereocenters. The summed E-state index contributed by atoms with van der Waals surface area (Å²) in [5.41, 5.74) is -3.65. The van der Waals surface area contributed by atoms with Crippen molar-refractivity contribution in [1.29, 1.82) is 0 Å². The molecule has 1 rings (SSSR count). The molecule has 1 aliphatic carbocycles. The molecule has 0 aromatic rings. The Kier molecular flexibility index (Phi) is 4.60. The Morgan fingerprint density at radius 2 is 1.28 bits per heavy atom. The van der Waals surface area contributed by atoms with Crippen LogP contribution in [0, 0.1) is 18.3 Å². The van der Waals surface area contributed by atoms with E-state index in [-0.39, 0.29) is 19.3 Å². The lowest BCUT2D eigenvalue weighted by atomic mass is 9.65. The van der Waals surface area contributed by atoms with Crippen LogP contribution >= 0.6 is 0 Å². The fourth-order valence-electron chi connectivity index (χ4n) is 2.69. The second-order valence-electron chi connectivity index (χ2n) is 4.67. The first kappa shape index (κ1) is 15.6. The number of alkyl halides is 6. The van der Waals surface area contributed by atoms with E-state index >= 15 is 0 Å². The van der Waals surface area contributed by atoms with Crippen LogP contribution in [0.1, 0.15) is 44.9 Å². The Morgan fingerprint density at radius 3 is 1.61 bits per heavy atom. The molecule has 0 spiro atoms. The third-order valence-corrected chi connectivity index (χ3v) is 3.58. The molecular weight excluding hydrogens is 258 g/mol. The minimum Gasteiger partial charge on any atom is -0.170 e. The topological polar surface area (TPSA) is 0 Å². The van der Waals surface area contributed by atoms with Crippen LogP contribution in [0.25, 0.3) is 0 Å². The summed E-state index contributed by atoms with van der Waals surface area (Å²) >= 11 is 0. The molecule has 0 N–H and O–H groups in total. The Morgan fingerprint density at radius 1 is 0.833 bits per heavy atom. The van der Waals surface area contributed by atoms with Crippen LogP contribution in [0.2, 0.25) is 0 Å². The van der Waals surface area contributed by atoms with Gasteiger partial charge in [-0.1, -0.05) is 32.6 Å². The van der Waals surface area contributed by atoms with Gasteiger partial charge in [0.05, 0.1) is 0 Å². The lowest BCUT2D eigenvalue weighted by Crippen LogP contribution is -2.54. The maximum Gasteiger partial charge on any atom is 0.403 e. The summed E-state index contributed by atoms with van der Waals surface area (Å²) in [6, 6.07) is 0. The highest BCUT2D eigenvalue weighted by molar-refractivity contribution is 5.15. The molecule has 0 aromatic heterocycles. The quantitative estimate of drug-likeness (QED) is 0.616. The first-order chi connectivity index (χ1) is 8.17. The molecule has 2 radical (unpaired) electrons. The van der Waals surface area contributed by atoms with E-state index in [0.29, 0.717) is 19.3 Å². The van der Waals surface area contributed by atoms with Crippen molar-refractivity contribution in [2.24, 2.45) is 5.41 Å². The van der Waals surface area contributed by atoms with Crippen molar-refractivity contribution >= 4 is 0 Å². The van der Waals surface area contributed by atoms with E-state index in [1.807, 2.05) is 0 Å². The van der Waals surface area contributed by atoms with Crippen LogP contribution in [0.15, 0.2) is 0 Å². The summed E-state index contributed by atoms with van der Waals surface area (Å²) in [5.74, 6) is -0.405. The van der Waals surface area contributed by atoms with Crippen molar-refractivity contribution in [2.75, 3.05) is 0 Å². The van der Waals surface area contributed by atoms with Gasteiger partial charge in [0.1, 0.15) is 0 Å². The minimum atomic E-state index is -5.30.